The maximum atomic E-state index is 13.0. The van der Waals surface area contributed by atoms with E-state index in [1.807, 2.05) is 37.3 Å². The number of halogens is 1. The van der Waals surface area contributed by atoms with E-state index in [-0.39, 0.29) is 23.9 Å². The van der Waals surface area contributed by atoms with Crippen molar-refractivity contribution in [3.8, 4) is 5.75 Å². The Kier molecular flexibility index (Phi) is 9.29. The molecule has 3 heterocycles. The summed E-state index contributed by atoms with van der Waals surface area (Å²) in [6, 6.07) is 11.1. The predicted octanol–water partition coefficient (Wildman–Crippen LogP) is 3.24. The molecular formula is C28H33BrN8O4. The number of amides is 2. The minimum absolute atomic E-state index is 0.0226. The van der Waals surface area contributed by atoms with Crippen LogP contribution in [-0.2, 0) is 0 Å². The van der Waals surface area contributed by atoms with Gasteiger partial charge in [0.25, 0.3) is 11.8 Å². The third-order valence-electron chi connectivity index (χ3n) is 6.98. The molecule has 1 fully saturated rings. The maximum absolute atomic E-state index is 13.0. The number of carbonyl (C=O) groups excluding carboxylic acids is 2. The molecule has 0 saturated carbocycles. The molecule has 2 amide bonds. The predicted molar refractivity (Wildman–Crippen MR) is 160 cm³/mol. The van der Waals surface area contributed by atoms with Crippen LogP contribution in [0.25, 0.3) is 11.0 Å². The number of nitrogens with zero attached hydrogens (tertiary/aromatic N) is 4. The largest absolute Gasteiger partial charge is 0.493 e. The van der Waals surface area contributed by atoms with Crippen LogP contribution >= 0.6 is 15.9 Å². The average Bonchev–Trinajstić information content (AvgIpc) is 3.61. The first-order chi connectivity index (χ1) is 19.9. The summed E-state index contributed by atoms with van der Waals surface area (Å²) in [5.41, 5.74) is 2.87. The lowest BCUT2D eigenvalue weighted by Crippen LogP contribution is -2.47. The zero-order valence-corrected chi connectivity index (χ0v) is 24.3. The normalized spacial score (nSPS) is 14.3. The molecule has 2 aromatic carbocycles. The fraction of sp³-hybridized carbons (Fsp3) is 0.357. The standard InChI is InChI=1S/C28H33BrN8O4/c1-18-3-4-19(29)15-22(18)32-26(39)24-25(31-17-30-24)27(40)35-28-33-21-6-5-20(16-23(21)34-28)41-14-2-7-36-8-10-37(11-9-36)12-13-38/h3-6,15-17,38H,2,7-14H2,1H3,(H,30,31)(H,32,39)(H2,33,34,35,40). The molecule has 12 nitrogen and oxygen atoms in total. The van der Waals surface area contributed by atoms with Gasteiger partial charge in [-0.1, -0.05) is 22.0 Å². The molecule has 0 radical (unpaired) electrons. The number of anilines is 2. The summed E-state index contributed by atoms with van der Waals surface area (Å²) in [5.74, 6) is -0.115. The molecule has 0 aliphatic carbocycles. The van der Waals surface area contributed by atoms with Gasteiger partial charge in [0.05, 0.1) is 30.6 Å². The molecule has 0 spiro atoms. The van der Waals surface area contributed by atoms with E-state index in [1.54, 1.807) is 6.07 Å². The van der Waals surface area contributed by atoms with Crippen molar-refractivity contribution >= 4 is 50.4 Å². The second-order valence-corrected chi connectivity index (χ2v) is 10.8. The van der Waals surface area contributed by atoms with E-state index in [1.165, 1.54) is 6.33 Å². The van der Waals surface area contributed by atoms with E-state index < -0.39 is 11.8 Å². The number of aromatic nitrogens is 4. The molecule has 5 N–H and O–H groups in total. The number of imidazole rings is 2. The topological polar surface area (TPSA) is 151 Å². The Morgan fingerprint density at radius 3 is 2.61 bits per heavy atom. The number of hydrogen-bond donors (Lipinski definition) is 5. The van der Waals surface area contributed by atoms with Crippen molar-refractivity contribution in [1.82, 2.24) is 29.7 Å². The number of benzene rings is 2. The van der Waals surface area contributed by atoms with Crippen molar-refractivity contribution in [2.75, 3.05) is 63.1 Å². The second kappa shape index (κ2) is 13.3. The van der Waals surface area contributed by atoms with Crippen LogP contribution < -0.4 is 15.4 Å². The number of rotatable bonds is 11. The fourth-order valence-corrected chi connectivity index (χ4v) is 5.07. The molecule has 13 heteroatoms. The smallest absolute Gasteiger partial charge is 0.276 e. The number of carbonyl (C=O) groups is 2. The van der Waals surface area contributed by atoms with Gasteiger partial charge < -0.3 is 30.0 Å². The van der Waals surface area contributed by atoms with Gasteiger partial charge in [0.15, 0.2) is 5.69 Å². The van der Waals surface area contributed by atoms with E-state index in [0.29, 0.717) is 23.6 Å². The number of piperazine rings is 1. The molecule has 0 atom stereocenters. The molecule has 0 unspecified atom stereocenters. The van der Waals surface area contributed by atoms with Crippen molar-refractivity contribution < 1.29 is 19.4 Å². The lowest BCUT2D eigenvalue weighted by molar-refractivity contribution is 0.0985. The van der Waals surface area contributed by atoms with Gasteiger partial charge in [-0.3, -0.25) is 19.8 Å². The summed E-state index contributed by atoms with van der Waals surface area (Å²) >= 11 is 3.40. The van der Waals surface area contributed by atoms with Crippen LogP contribution in [0.4, 0.5) is 11.6 Å². The molecule has 5 rings (SSSR count). The number of aromatic amines is 2. The molecule has 4 aromatic rings. The number of hydrogen-bond acceptors (Lipinski definition) is 8. The molecule has 1 aliphatic rings. The fourth-order valence-electron chi connectivity index (χ4n) is 4.71. The summed E-state index contributed by atoms with van der Waals surface area (Å²) in [7, 11) is 0. The molecule has 0 bridgehead atoms. The third-order valence-corrected chi connectivity index (χ3v) is 7.48. The summed E-state index contributed by atoms with van der Waals surface area (Å²) in [5, 5.41) is 14.6. The Balaban J connectivity index is 1.14. The van der Waals surface area contributed by atoms with Crippen LogP contribution in [0.3, 0.4) is 0 Å². The first-order valence-electron chi connectivity index (χ1n) is 13.5. The molecule has 2 aromatic heterocycles. The lowest BCUT2D eigenvalue weighted by atomic mass is 10.2. The van der Waals surface area contributed by atoms with Gasteiger partial charge in [-0.15, -0.1) is 0 Å². The lowest BCUT2D eigenvalue weighted by Gasteiger charge is -2.34. The molecule has 1 aliphatic heterocycles. The Hall–Kier alpha value is -3.78. The van der Waals surface area contributed by atoms with Crippen LogP contribution in [-0.4, -0.2) is 99.1 Å². The summed E-state index contributed by atoms with van der Waals surface area (Å²) in [6.07, 6.45) is 2.21. The minimum Gasteiger partial charge on any atom is -0.493 e. The quantitative estimate of drug-likeness (QED) is 0.160. The van der Waals surface area contributed by atoms with E-state index in [2.05, 4.69) is 56.3 Å². The molecule has 216 valence electrons. The molecular weight excluding hydrogens is 592 g/mol. The van der Waals surface area contributed by atoms with Gasteiger partial charge in [0.2, 0.25) is 5.95 Å². The number of ether oxygens (including phenoxy) is 1. The van der Waals surface area contributed by atoms with Crippen LogP contribution in [0.1, 0.15) is 33.0 Å². The Bertz CT molecular complexity index is 1510. The first-order valence-corrected chi connectivity index (χ1v) is 14.3. The number of fused-ring (bicyclic) bond motifs is 1. The monoisotopic (exact) mass is 624 g/mol. The van der Waals surface area contributed by atoms with Crippen molar-refractivity contribution in [2.24, 2.45) is 0 Å². The number of H-pyrrole nitrogens is 2. The highest BCUT2D eigenvalue weighted by atomic mass is 79.9. The van der Waals surface area contributed by atoms with Gasteiger partial charge >= 0.3 is 0 Å². The molecule has 41 heavy (non-hydrogen) atoms. The Labute approximate surface area is 245 Å². The number of nitrogens with one attached hydrogen (secondary N) is 4. The summed E-state index contributed by atoms with van der Waals surface area (Å²) in [6.45, 7) is 8.34. The van der Waals surface area contributed by atoms with Crippen molar-refractivity contribution in [1.29, 1.82) is 0 Å². The summed E-state index contributed by atoms with van der Waals surface area (Å²) in [4.78, 5) is 44.9. The highest BCUT2D eigenvalue weighted by Crippen LogP contribution is 2.23. The summed E-state index contributed by atoms with van der Waals surface area (Å²) < 4.78 is 6.77. The number of aliphatic hydroxyl groups excluding tert-OH is 1. The van der Waals surface area contributed by atoms with E-state index in [4.69, 9.17) is 9.84 Å². The SMILES string of the molecule is Cc1ccc(Br)cc1NC(=O)c1nc[nH]c1C(=O)Nc1nc2cc(OCCCN3CCN(CCO)CC3)ccc2[nH]1. The van der Waals surface area contributed by atoms with Gasteiger partial charge in [-0.25, -0.2) is 9.97 Å². The van der Waals surface area contributed by atoms with E-state index in [9.17, 15) is 9.59 Å². The van der Waals surface area contributed by atoms with Crippen molar-refractivity contribution in [3.63, 3.8) is 0 Å². The average molecular weight is 626 g/mol. The maximum Gasteiger partial charge on any atom is 0.276 e. The van der Waals surface area contributed by atoms with Gasteiger partial charge in [-0.2, -0.15) is 0 Å². The number of β-amino-alcohol motifs (C(OH)–C–C–N with tert-alkyl or cyclic N) is 1. The highest BCUT2D eigenvalue weighted by Gasteiger charge is 2.22. The first kappa shape index (κ1) is 28.7. The van der Waals surface area contributed by atoms with E-state index in [0.717, 1.165) is 61.2 Å². The van der Waals surface area contributed by atoms with Crippen LogP contribution in [0, 0.1) is 6.92 Å². The van der Waals surface area contributed by atoms with Crippen LogP contribution in [0.15, 0.2) is 47.2 Å². The number of aryl methyl sites for hydroxylation is 1. The zero-order valence-electron chi connectivity index (χ0n) is 22.7. The minimum atomic E-state index is -0.550. The van der Waals surface area contributed by atoms with Crippen LogP contribution in [0.2, 0.25) is 0 Å². The van der Waals surface area contributed by atoms with Gasteiger partial charge in [-0.05, 0) is 43.2 Å². The zero-order chi connectivity index (χ0) is 28.8. The van der Waals surface area contributed by atoms with Crippen LogP contribution in [0.5, 0.6) is 5.75 Å². The highest BCUT2D eigenvalue weighted by molar-refractivity contribution is 9.10. The third kappa shape index (κ3) is 7.30. The number of aliphatic hydroxyl groups is 1. The Morgan fingerprint density at radius 2 is 1.83 bits per heavy atom. The van der Waals surface area contributed by atoms with Gasteiger partial charge in [0.1, 0.15) is 11.4 Å². The van der Waals surface area contributed by atoms with Crippen molar-refractivity contribution in [2.45, 2.75) is 13.3 Å². The molecule has 1 saturated heterocycles. The second-order valence-electron chi connectivity index (χ2n) is 9.87. The van der Waals surface area contributed by atoms with Gasteiger partial charge in [0, 0.05) is 55.5 Å². The van der Waals surface area contributed by atoms with Crippen molar-refractivity contribution in [3.05, 3.63) is 64.1 Å². The Morgan fingerprint density at radius 1 is 1.05 bits per heavy atom. The van der Waals surface area contributed by atoms with E-state index >= 15 is 0 Å².